The third-order valence-corrected chi connectivity index (χ3v) is 4.63. The van der Waals surface area contributed by atoms with Crippen molar-refractivity contribution in [2.45, 2.75) is 33.6 Å². The normalized spacial score (nSPS) is 10.7. The Morgan fingerprint density at radius 2 is 1.97 bits per heavy atom. The number of aryl methyl sites for hydroxylation is 2. The van der Waals surface area contributed by atoms with E-state index < -0.39 is 5.91 Å². The van der Waals surface area contributed by atoms with Crippen LogP contribution in [0.4, 0.5) is 0 Å². The van der Waals surface area contributed by atoms with Gasteiger partial charge in [-0.1, -0.05) is 0 Å². The number of carbonyl (C=O) groups is 2. The first-order valence-corrected chi connectivity index (χ1v) is 9.50. The van der Waals surface area contributed by atoms with Crippen molar-refractivity contribution >= 4 is 17.6 Å². The van der Waals surface area contributed by atoms with E-state index in [2.05, 4.69) is 25.9 Å². The summed E-state index contributed by atoms with van der Waals surface area (Å²) in [5, 5.41) is 4.14. The van der Waals surface area contributed by atoms with Crippen LogP contribution in [0.15, 0.2) is 24.5 Å². The van der Waals surface area contributed by atoms with Gasteiger partial charge in [-0.2, -0.15) is 10.1 Å². The molecule has 2 N–H and O–H groups in total. The largest absolute Gasteiger partial charge is 0.493 e. The minimum absolute atomic E-state index is 0.177. The van der Waals surface area contributed by atoms with Crippen LogP contribution >= 0.6 is 0 Å². The number of amides is 2. The monoisotopic (exact) mass is 412 g/mol. The van der Waals surface area contributed by atoms with Crippen molar-refractivity contribution in [2.24, 2.45) is 0 Å². The van der Waals surface area contributed by atoms with Crippen molar-refractivity contribution < 1.29 is 19.1 Å². The van der Waals surface area contributed by atoms with Gasteiger partial charge in [-0.25, -0.2) is 9.50 Å². The Kier molecular flexibility index (Phi) is 6.45. The van der Waals surface area contributed by atoms with Crippen molar-refractivity contribution in [1.82, 2.24) is 30.4 Å². The van der Waals surface area contributed by atoms with Crippen LogP contribution in [0.2, 0.25) is 0 Å². The van der Waals surface area contributed by atoms with Crippen LogP contribution in [0, 0.1) is 13.8 Å². The molecular formula is C20H24N6O4. The molecule has 0 aliphatic rings. The minimum atomic E-state index is -0.456. The Morgan fingerprint density at radius 1 is 1.17 bits per heavy atom. The molecule has 158 valence electrons. The number of hydrogen-bond acceptors (Lipinski definition) is 7. The van der Waals surface area contributed by atoms with Gasteiger partial charge in [-0.05, 0) is 51.0 Å². The number of fused-ring (bicyclic) bond motifs is 1. The molecule has 0 fully saturated rings. The average Bonchev–Trinajstić information content (AvgIpc) is 3.20. The Morgan fingerprint density at radius 3 is 2.70 bits per heavy atom. The maximum absolute atomic E-state index is 12.3. The Hall–Kier alpha value is -3.69. The summed E-state index contributed by atoms with van der Waals surface area (Å²) in [5.41, 5.74) is 7.79. The van der Waals surface area contributed by atoms with E-state index in [1.807, 2.05) is 20.8 Å². The second-order valence-corrected chi connectivity index (χ2v) is 6.53. The van der Waals surface area contributed by atoms with E-state index in [9.17, 15) is 9.59 Å². The van der Waals surface area contributed by atoms with Gasteiger partial charge in [0.1, 0.15) is 6.33 Å². The average molecular weight is 412 g/mol. The molecule has 0 spiro atoms. The van der Waals surface area contributed by atoms with E-state index in [4.69, 9.17) is 9.47 Å². The van der Waals surface area contributed by atoms with Crippen molar-refractivity contribution in [3.63, 3.8) is 0 Å². The van der Waals surface area contributed by atoms with Crippen LogP contribution in [0.25, 0.3) is 5.78 Å². The maximum atomic E-state index is 12.3. The summed E-state index contributed by atoms with van der Waals surface area (Å²) in [6.45, 7) is 6.12. The van der Waals surface area contributed by atoms with Crippen LogP contribution in [0.5, 0.6) is 11.5 Å². The standard InChI is InChI=1S/C20H24N6O4/c1-5-30-16-8-6-14(10-17(16)29-4)19(28)25-24-18(27)9-7-15-12(2)23-20-21-11-22-26(20)13(15)3/h6,8,10-11H,5,7,9H2,1-4H3,(H,24,27)(H,25,28). The van der Waals surface area contributed by atoms with Gasteiger partial charge in [0.2, 0.25) is 5.91 Å². The van der Waals surface area contributed by atoms with Gasteiger partial charge in [0.25, 0.3) is 11.7 Å². The molecule has 3 rings (SSSR count). The molecule has 2 amide bonds. The number of aromatic nitrogens is 4. The summed E-state index contributed by atoms with van der Waals surface area (Å²) in [7, 11) is 1.50. The summed E-state index contributed by atoms with van der Waals surface area (Å²) < 4.78 is 12.3. The highest BCUT2D eigenvalue weighted by Gasteiger charge is 2.14. The summed E-state index contributed by atoms with van der Waals surface area (Å²) in [4.78, 5) is 33.0. The molecule has 2 heterocycles. The molecule has 0 atom stereocenters. The van der Waals surface area contributed by atoms with E-state index in [0.29, 0.717) is 35.9 Å². The lowest BCUT2D eigenvalue weighted by Gasteiger charge is -2.12. The van der Waals surface area contributed by atoms with Crippen LogP contribution in [-0.2, 0) is 11.2 Å². The Balaban J connectivity index is 1.58. The third-order valence-electron chi connectivity index (χ3n) is 4.63. The highest BCUT2D eigenvalue weighted by molar-refractivity contribution is 5.96. The fraction of sp³-hybridized carbons (Fsp3) is 0.350. The number of hydrazine groups is 1. The van der Waals surface area contributed by atoms with E-state index in [1.165, 1.54) is 13.4 Å². The van der Waals surface area contributed by atoms with Crippen LogP contribution in [0.1, 0.15) is 40.7 Å². The maximum Gasteiger partial charge on any atom is 0.269 e. The van der Waals surface area contributed by atoms with Gasteiger partial charge in [0.15, 0.2) is 11.5 Å². The van der Waals surface area contributed by atoms with E-state index >= 15 is 0 Å². The first-order chi connectivity index (χ1) is 14.4. The number of carbonyl (C=O) groups excluding carboxylic acids is 2. The second-order valence-electron chi connectivity index (χ2n) is 6.53. The zero-order chi connectivity index (χ0) is 21.7. The molecule has 0 saturated carbocycles. The van der Waals surface area contributed by atoms with Crippen molar-refractivity contribution in [3.05, 3.63) is 47.0 Å². The molecule has 0 radical (unpaired) electrons. The highest BCUT2D eigenvalue weighted by Crippen LogP contribution is 2.27. The van der Waals surface area contributed by atoms with Crippen molar-refractivity contribution in [1.29, 1.82) is 0 Å². The Labute approximate surface area is 173 Å². The zero-order valence-corrected chi connectivity index (χ0v) is 17.4. The van der Waals surface area contributed by atoms with Crippen molar-refractivity contribution in [3.8, 4) is 11.5 Å². The fourth-order valence-electron chi connectivity index (χ4n) is 3.10. The minimum Gasteiger partial charge on any atom is -0.493 e. The predicted molar refractivity (Wildman–Crippen MR) is 108 cm³/mol. The highest BCUT2D eigenvalue weighted by atomic mass is 16.5. The molecular weight excluding hydrogens is 388 g/mol. The van der Waals surface area contributed by atoms with E-state index in [1.54, 1.807) is 22.7 Å². The molecule has 30 heavy (non-hydrogen) atoms. The lowest BCUT2D eigenvalue weighted by Crippen LogP contribution is -2.41. The van der Waals surface area contributed by atoms with Gasteiger partial charge in [-0.3, -0.25) is 20.4 Å². The molecule has 3 aromatic rings. The zero-order valence-electron chi connectivity index (χ0n) is 17.4. The molecule has 0 saturated heterocycles. The van der Waals surface area contributed by atoms with Crippen LogP contribution < -0.4 is 20.3 Å². The van der Waals surface area contributed by atoms with Crippen LogP contribution in [0.3, 0.4) is 0 Å². The molecule has 0 bridgehead atoms. The predicted octanol–water partition coefficient (Wildman–Crippen LogP) is 1.54. The molecule has 0 aliphatic heterocycles. The van der Waals surface area contributed by atoms with Gasteiger partial charge in [0, 0.05) is 23.4 Å². The SMILES string of the molecule is CCOc1ccc(C(=O)NNC(=O)CCc2c(C)nc3ncnn3c2C)cc1OC. The number of hydrogen-bond donors (Lipinski definition) is 2. The van der Waals surface area contributed by atoms with Gasteiger partial charge in [0.05, 0.1) is 13.7 Å². The smallest absolute Gasteiger partial charge is 0.269 e. The summed E-state index contributed by atoms with van der Waals surface area (Å²) in [6.07, 6.45) is 2.08. The summed E-state index contributed by atoms with van der Waals surface area (Å²) >= 11 is 0. The summed E-state index contributed by atoms with van der Waals surface area (Å²) in [5.74, 6) is 0.736. The van der Waals surface area contributed by atoms with Gasteiger partial charge in [-0.15, -0.1) is 0 Å². The summed E-state index contributed by atoms with van der Waals surface area (Å²) in [6, 6.07) is 4.80. The molecule has 0 aliphatic carbocycles. The molecule has 10 heteroatoms. The molecule has 0 unspecified atom stereocenters. The van der Waals surface area contributed by atoms with Gasteiger partial charge >= 0.3 is 0 Å². The number of nitrogens with one attached hydrogen (secondary N) is 2. The van der Waals surface area contributed by atoms with Crippen LogP contribution in [-0.4, -0.2) is 45.1 Å². The van der Waals surface area contributed by atoms with E-state index in [-0.39, 0.29) is 12.3 Å². The van der Waals surface area contributed by atoms with Crippen molar-refractivity contribution in [2.75, 3.05) is 13.7 Å². The quantitative estimate of drug-likeness (QED) is 0.565. The van der Waals surface area contributed by atoms with Gasteiger partial charge < -0.3 is 9.47 Å². The molecule has 10 nitrogen and oxygen atoms in total. The number of rotatable bonds is 7. The number of nitrogens with zero attached hydrogens (tertiary/aromatic N) is 4. The number of methoxy groups -OCH3 is 1. The number of ether oxygens (including phenoxy) is 2. The Bertz CT molecular complexity index is 1080. The second kappa shape index (κ2) is 9.21. The first-order valence-electron chi connectivity index (χ1n) is 9.50. The number of benzene rings is 1. The lowest BCUT2D eigenvalue weighted by atomic mass is 10.1. The topological polar surface area (TPSA) is 120 Å². The fourth-order valence-corrected chi connectivity index (χ4v) is 3.10. The molecule has 1 aromatic carbocycles. The molecule has 2 aromatic heterocycles. The third kappa shape index (κ3) is 4.48. The van der Waals surface area contributed by atoms with E-state index in [0.717, 1.165) is 17.0 Å². The lowest BCUT2D eigenvalue weighted by molar-refractivity contribution is -0.121. The first kappa shape index (κ1) is 21.0.